The van der Waals surface area contributed by atoms with Gasteiger partial charge in [-0.05, 0) is 49.7 Å². The van der Waals surface area contributed by atoms with E-state index in [9.17, 15) is 13.6 Å². The Labute approximate surface area is 191 Å². The fourth-order valence-corrected chi connectivity index (χ4v) is 3.08. The molecule has 0 aliphatic carbocycles. The van der Waals surface area contributed by atoms with E-state index in [4.69, 9.17) is 0 Å². The third-order valence-electron chi connectivity index (χ3n) is 4.42. The summed E-state index contributed by atoms with van der Waals surface area (Å²) < 4.78 is 26.9. The van der Waals surface area contributed by atoms with Crippen molar-refractivity contribution in [2.75, 3.05) is 36.4 Å². The molecule has 1 aliphatic heterocycles. The van der Waals surface area contributed by atoms with Gasteiger partial charge < -0.3 is 20.9 Å². The zero-order chi connectivity index (χ0) is 20.6. The van der Waals surface area contributed by atoms with Gasteiger partial charge in [0.15, 0.2) is 17.6 Å². The van der Waals surface area contributed by atoms with Crippen LogP contribution in [0.15, 0.2) is 47.6 Å². The lowest BCUT2D eigenvalue weighted by Gasteiger charge is -2.19. The number of aromatic nitrogens is 1. The molecule has 0 bridgehead atoms. The van der Waals surface area contributed by atoms with Crippen LogP contribution in [0.5, 0.6) is 0 Å². The Balaban J connectivity index is 0.00000320. The molecule has 7 nitrogen and oxygen atoms in total. The summed E-state index contributed by atoms with van der Waals surface area (Å²) in [6.07, 6.45) is 2.37. The molecule has 2 aromatic rings. The lowest BCUT2D eigenvalue weighted by molar-refractivity contribution is -0.114. The third-order valence-corrected chi connectivity index (χ3v) is 4.42. The number of hydrogen-bond acceptors (Lipinski definition) is 4. The lowest BCUT2D eigenvalue weighted by Crippen LogP contribution is -2.45. The molecule has 1 aromatic heterocycles. The van der Waals surface area contributed by atoms with E-state index in [1.165, 1.54) is 30.3 Å². The molecule has 2 heterocycles. The Morgan fingerprint density at radius 1 is 1.27 bits per heavy atom. The minimum atomic E-state index is -0.365. The predicted octanol–water partition coefficient (Wildman–Crippen LogP) is 2.75. The van der Waals surface area contributed by atoms with Crippen molar-refractivity contribution in [3.8, 4) is 0 Å². The highest BCUT2D eigenvalue weighted by Gasteiger charge is 2.26. The van der Waals surface area contributed by atoms with Gasteiger partial charge in [0, 0.05) is 37.6 Å². The molecule has 0 saturated carbocycles. The number of nitrogens with zero attached hydrogens (tertiary/aromatic N) is 3. The van der Waals surface area contributed by atoms with Crippen LogP contribution < -0.4 is 20.9 Å². The number of carbonyl (C=O) groups excluding carboxylic acids is 1. The summed E-state index contributed by atoms with van der Waals surface area (Å²) in [5, 5.41) is 9.05. The number of amides is 1. The molecule has 1 amide bonds. The predicted molar refractivity (Wildman–Crippen MR) is 124 cm³/mol. The molecule has 1 atom stereocenters. The van der Waals surface area contributed by atoms with Crippen molar-refractivity contribution in [2.45, 2.75) is 19.4 Å². The summed E-state index contributed by atoms with van der Waals surface area (Å²) >= 11 is 0. The molecule has 1 fully saturated rings. The van der Waals surface area contributed by atoms with Gasteiger partial charge in [0.25, 0.3) is 0 Å². The van der Waals surface area contributed by atoms with Gasteiger partial charge in [-0.3, -0.25) is 4.79 Å². The van der Waals surface area contributed by atoms with Crippen LogP contribution in [-0.4, -0.2) is 49.1 Å². The number of nitrogens with one attached hydrogen (secondary N) is 3. The van der Waals surface area contributed by atoms with E-state index in [-0.39, 0.29) is 54.1 Å². The summed E-state index contributed by atoms with van der Waals surface area (Å²) in [4.78, 5) is 22.4. The second-order valence-corrected chi connectivity index (χ2v) is 6.64. The SMILES string of the molecule is CCNC(=NCC(=O)Nc1ccc(F)cc1)NC1CCN(c2ncccc2F)C1.I. The summed E-state index contributed by atoms with van der Waals surface area (Å²) in [6.45, 7) is 3.74. The first-order chi connectivity index (χ1) is 14.0. The van der Waals surface area contributed by atoms with Gasteiger partial charge in [0.05, 0.1) is 0 Å². The van der Waals surface area contributed by atoms with Crippen molar-refractivity contribution in [1.29, 1.82) is 0 Å². The van der Waals surface area contributed by atoms with Gasteiger partial charge in [-0.1, -0.05) is 0 Å². The fraction of sp³-hybridized carbons (Fsp3) is 0.350. The number of anilines is 2. The Morgan fingerprint density at radius 2 is 2.03 bits per heavy atom. The first-order valence-electron chi connectivity index (χ1n) is 9.51. The molecule has 1 saturated heterocycles. The standard InChI is InChI=1S/C20H24F2N6O.HI/c1-2-23-20(25-12-18(29)26-15-7-5-14(21)6-8-15)27-16-9-11-28(13-16)19-17(22)4-3-10-24-19;/h3-8,10,16H,2,9,11-13H2,1H3,(H,26,29)(H2,23,25,27);1H. The molecule has 1 aromatic carbocycles. The maximum atomic E-state index is 13.9. The second kappa shape index (κ2) is 11.6. The largest absolute Gasteiger partial charge is 0.357 e. The van der Waals surface area contributed by atoms with Crippen LogP contribution >= 0.6 is 24.0 Å². The van der Waals surface area contributed by atoms with E-state index in [0.717, 1.165) is 6.42 Å². The highest BCUT2D eigenvalue weighted by molar-refractivity contribution is 14.0. The van der Waals surface area contributed by atoms with Gasteiger partial charge in [-0.25, -0.2) is 18.8 Å². The minimum Gasteiger partial charge on any atom is -0.357 e. The van der Waals surface area contributed by atoms with Crippen LogP contribution in [0.1, 0.15) is 13.3 Å². The van der Waals surface area contributed by atoms with E-state index in [0.29, 0.717) is 37.1 Å². The van der Waals surface area contributed by atoms with Crippen molar-refractivity contribution in [1.82, 2.24) is 15.6 Å². The summed E-state index contributed by atoms with van der Waals surface area (Å²) in [6, 6.07) is 8.55. The average Bonchev–Trinajstić information content (AvgIpc) is 3.17. The highest BCUT2D eigenvalue weighted by Crippen LogP contribution is 2.20. The Bertz CT molecular complexity index is 865. The highest BCUT2D eigenvalue weighted by atomic mass is 127. The molecule has 0 spiro atoms. The first-order valence-corrected chi connectivity index (χ1v) is 9.51. The molecular weight excluding hydrogens is 505 g/mol. The van der Waals surface area contributed by atoms with Crippen molar-refractivity contribution in [3.63, 3.8) is 0 Å². The zero-order valence-electron chi connectivity index (χ0n) is 16.6. The number of guanidine groups is 1. The molecule has 3 rings (SSSR count). The van der Waals surface area contributed by atoms with Gasteiger partial charge in [-0.2, -0.15) is 0 Å². The molecule has 30 heavy (non-hydrogen) atoms. The van der Waals surface area contributed by atoms with Crippen LogP contribution in [0.2, 0.25) is 0 Å². The summed E-state index contributed by atoms with van der Waals surface area (Å²) in [5.41, 5.74) is 0.508. The average molecular weight is 530 g/mol. The molecule has 1 unspecified atom stereocenters. The van der Waals surface area contributed by atoms with Gasteiger partial charge in [-0.15, -0.1) is 24.0 Å². The zero-order valence-corrected chi connectivity index (χ0v) is 18.9. The van der Waals surface area contributed by atoms with Crippen molar-refractivity contribution in [2.24, 2.45) is 4.99 Å². The summed E-state index contributed by atoms with van der Waals surface area (Å²) in [5.74, 6) is -0.160. The summed E-state index contributed by atoms with van der Waals surface area (Å²) in [7, 11) is 0. The van der Waals surface area contributed by atoms with E-state index in [1.54, 1.807) is 12.3 Å². The number of benzene rings is 1. The Hall–Kier alpha value is -2.50. The number of halogens is 3. The number of carbonyl (C=O) groups is 1. The van der Waals surface area contributed by atoms with Gasteiger partial charge in [0.1, 0.15) is 12.4 Å². The normalized spacial score (nSPS) is 16.0. The Morgan fingerprint density at radius 3 is 2.73 bits per heavy atom. The number of pyridine rings is 1. The maximum Gasteiger partial charge on any atom is 0.246 e. The van der Waals surface area contributed by atoms with E-state index in [1.807, 2.05) is 11.8 Å². The second-order valence-electron chi connectivity index (χ2n) is 6.64. The maximum absolute atomic E-state index is 13.9. The number of hydrogen-bond donors (Lipinski definition) is 3. The minimum absolute atomic E-state index is 0. The van der Waals surface area contributed by atoms with Crippen LogP contribution in [0.3, 0.4) is 0 Å². The van der Waals surface area contributed by atoms with E-state index < -0.39 is 0 Å². The molecule has 162 valence electrons. The number of aliphatic imine (C=N–C) groups is 1. The van der Waals surface area contributed by atoms with Crippen molar-refractivity contribution in [3.05, 3.63) is 54.2 Å². The fourth-order valence-electron chi connectivity index (χ4n) is 3.08. The Kier molecular flexibility index (Phi) is 9.21. The van der Waals surface area contributed by atoms with Crippen molar-refractivity contribution < 1.29 is 13.6 Å². The lowest BCUT2D eigenvalue weighted by atomic mass is 10.3. The van der Waals surface area contributed by atoms with Gasteiger partial charge in [0.2, 0.25) is 5.91 Å². The quantitative estimate of drug-likeness (QED) is 0.304. The molecule has 3 N–H and O–H groups in total. The molecule has 0 radical (unpaired) electrons. The third kappa shape index (κ3) is 6.78. The van der Waals surface area contributed by atoms with Gasteiger partial charge >= 0.3 is 0 Å². The van der Waals surface area contributed by atoms with Crippen molar-refractivity contribution >= 4 is 47.3 Å². The van der Waals surface area contributed by atoms with E-state index in [2.05, 4.69) is 25.9 Å². The van der Waals surface area contributed by atoms with Crippen LogP contribution in [0.25, 0.3) is 0 Å². The monoisotopic (exact) mass is 530 g/mol. The van der Waals surface area contributed by atoms with Crippen LogP contribution in [-0.2, 0) is 4.79 Å². The smallest absolute Gasteiger partial charge is 0.246 e. The topological polar surface area (TPSA) is 81.6 Å². The molecular formula is C20H25F2IN6O. The van der Waals surface area contributed by atoms with Crippen LogP contribution in [0, 0.1) is 11.6 Å². The first kappa shape index (κ1) is 23.8. The number of rotatable bonds is 6. The molecule has 10 heteroatoms. The van der Waals surface area contributed by atoms with E-state index >= 15 is 0 Å². The molecule has 1 aliphatic rings. The van der Waals surface area contributed by atoms with Crippen LogP contribution in [0.4, 0.5) is 20.3 Å².